The third kappa shape index (κ3) is 2.93. The van der Waals surface area contributed by atoms with Crippen LogP contribution in [0.25, 0.3) is 0 Å². The first-order chi connectivity index (χ1) is 9.49. The van der Waals surface area contributed by atoms with E-state index in [0.717, 1.165) is 12.1 Å². The number of para-hydroxylation sites is 1. The fraction of sp³-hybridized carbons (Fsp3) is 0.133. The van der Waals surface area contributed by atoms with E-state index >= 15 is 0 Å². The van der Waals surface area contributed by atoms with Crippen molar-refractivity contribution in [2.75, 3.05) is 11.9 Å². The third-order valence-electron chi connectivity index (χ3n) is 3.02. The smallest absolute Gasteiger partial charge is 0.128 e. The highest BCUT2D eigenvalue weighted by Gasteiger charge is 2.12. The first-order valence-corrected chi connectivity index (χ1v) is 6.07. The maximum Gasteiger partial charge on any atom is 0.128 e. The van der Waals surface area contributed by atoms with Gasteiger partial charge in [-0.15, -0.1) is 0 Å². The van der Waals surface area contributed by atoms with Crippen molar-refractivity contribution in [3.63, 3.8) is 0 Å². The molecule has 0 aliphatic carbocycles. The van der Waals surface area contributed by atoms with Gasteiger partial charge < -0.3 is 10.6 Å². The highest BCUT2D eigenvalue weighted by atomic mass is 19.1. The Balaban J connectivity index is 2.31. The summed E-state index contributed by atoms with van der Waals surface area (Å²) in [4.78, 5) is 1.73. The van der Waals surface area contributed by atoms with Crippen LogP contribution in [0.5, 0.6) is 0 Å². The van der Waals surface area contributed by atoms with Crippen LogP contribution in [0.4, 0.5) is 14.5 Å². The minimum atomic E-state index is -0.477. The predicted octanol–water partition coefficient (Wildman–Crippen LogP) is 2.89. The molecule has 3 N–H and O–H groups in total. The molecule has 3 nitrogen and oxygen atoms in total. The highest BCUT2D eigenvalue weighted by Crippen LogP contribution is 2.21. The Morgan fingerprint density at radius 3 is 2.60 bits per heavy atom. The van der Waals surface area contributed by atoms with Gasteiger partial charge in [0, 0.05) is 30.4 Å². The molecule has 0 saturated carbocycles. The summed E-state index contributed by atoms with van der Waals surface area (Å²) in [5.74, 6) is -1.000. The number of nitrogen functional groups attached to an aromatic ring is 1. The quantitative estimate of drug-likeness (QED) is 0.666. The van der Waals surface area contributed by atoms with Gasteiger partial charge in [-0.2, -0.15) is 0 Å². The zero-order chi connectivity index (χ0) is 14.7. The normalized spacial score (nSPS) is 10.3. The van der Waals surface area contributed by atoms with Crippen LogP contribution in [0.1, 0.15) is 11.1 Å². The number of nitrogens with one attached hydrogen (secondary N) is 1. The van der Waals surface area contributed by atoms with Gasteiger partial charge in [-0.05, 0) is 30.3 Å². The van der Waals surface area contributed by atoms with Gasteiger partial charge in [0.1, 0.15) is 17.5 Å². The maximum absolute atomic E-state index is 13.6. The summed E-state index contributed by atoms with van der Waals surface area (Å²) in [7, 11) is 1.74. The summed E-state index contributed by atoms with van der Waals surface area (Å²) in [6.07, 6.45) is 0. The molecule has 0 unspecified atom stereocenters. The van der Waals surface area contributed by atoms with Crippen molar-refractivity contribution in [3.8, 4) is 0 Å². The van der Waals surface area contributed by atoms with Gasteiger partial charge in [0.25, 0.3) is 0 Å². The Morgan fingerprint density at radius 2 is 1.90 bits per heavy atom. The lowest BCUT2D eigenvalue weighted by Gasteiger charge is -2.22. The Bertz CT molecular complexity index is 641. The lowest BCUT2D eigenvalue weighted by atomic mass is 10.1. The van der Waals surface area contributed by atoms with Crippen LogP contribution in [0.2, 0.25) is 0 Å². The molecular formula is C15H15F2N3. The van der Waals surface area contributed by atoms with Crippen molar-refractivity contribution in [1.82, 2.24) is 0 Å². The average molecular weight is 275 g/mol. The molecule has 0 atom stereocenters. The number of halogens is 2. The second-order valence-electron chi connectivity index (χ2n) is 4.52. The minimum Gasteiger partial charge on any atom is -0.384 e. The summed E-state index contributed by atoms with van der Waals surface area (Å²) in [6, 6.07) is 10.4. The summed E-state index contributed by atoms with van der Waals surface area (Å²) >= 11 is 0. The van der Waals surface area contributed by atoms with E-state index in [9.17, 15) is 8.78 Å². The summed E-state index contributed by atoms with van der Waals surface area (Å²) in [5, 5.41) is 7.54. The van der Waals surface area contributed by atoms with Gasteiger partial charge in [0.2, 0.25) is 0 Å². The van der Waals surface area contributed by atoms with Crippen LogP contribution in [0, 0.1) is 17.0 Å². The van der Waals surface area contributed by atoms with Crippen molar-refractivity contribution < 1.29 is 8.78 Å². The number of anilines is 1. The molecule has 0 aliphatic rings. The van der Waals surface area contributed by atoms with E-state index in [1.54, 1.807) is 36.2 Å². The number of nitrogens with zero attached hydrogens (tertiary/aromatic N) is 1. The Labute approximate surface area is 116 Å². The van der Waals surface area contributed by atoms with E-state index in [4.69, 9.17) is 11.1 Å². The van der Waals surface area contributed by atoms with Crippen LogP contribution in [-0.2, 0) is 6.54 Å². The van der Waals surface area contributed by atoms with Gasteiger partial charge in [0.05, 0.1) is 0 Å². The standard InChI is InChI=1S/C15H15F2N3/c1-20(9-10-8-11(16)6-7-13(10)17)14-5-3-2-4-12(14)15(18)19/h2-8H,9H2,1H3,(H3,18,19). The van der Waals surface area contributed by atoms with Crippen molar-refractivity contribution in [3.05, 3.63) is 65.2 Å². The predicted molar refractivity (Wildman–Crippen MR) is 75.9 cm³/mol. The van der Waals surface area contributed by atoms with Crippen molar-refractivity contribution in [2.45, 2.75) is 6.54 Å². The zero-order valence-corrected chi connectivity index (χ0v) is 11.0. The molecule has 2 aromatic rings. The number of benzene rings is 2. The molecule has 0 heterocycles. The number of hydrogen-bond acceptors (Lipinski definition) is 2. The SMILES string of the molecule is CN(Cc1cc(F)ccc1F)c1ccccc1C(=N)N. The van der Waals surface area contributed by atoms with Crippen LogP contribution >= 0.6 is 0 Å². The second kappa shape index (κ2) is 5.69. The lowest BCUT2D eigenvalue weighted by Crippen LogP contribution is -2.22. The lowest BCUT2D eigenvalue weighted by molar-refractivity contribution is 0.583. The number of hydrogen-bond donors (Lipinski definition) is 2. The average Bonchev–Trinajstić information content (AvgIpc) is 2.42. The molecule has 0 radical (unpaired) electrons. The van der Waals surface area contributed by atoms with Gasteiger partial charge in [-0.1, -0.05) is 12.1 Å². The molecule has 0 spiro atoms. The van der Waals surface area contributed by atoms with Crippen molar-refractivity contribution >= 4 is 11.5 Å². The van der Waals surface area contributed by atoms with E-state index in [-0.39, 0.29) is 17.9 Å². The monoisotopic (exact) mass is 275 g/mol. The van der Waals surface area contributed by atoms with E-state index in [1.165, 1.54) is 6.07 Å². The fourth-order valence-electron chi connectivity index (χ4n) is 2.04. The van der Waals surface area contributed by atoms with E-state index in [1.807, 2.05) is 0 Å². The van der Waals surface area contributed by atoms with Gasteiger partial charge in [-0.3, -0.25) is 5.41 Å². The van der Waals surface area contributed by atoms with E-state index < -0.39 is 11.6 Å². The number of rotatable bonds is 4. The molecule has 0 bridgehead atoms. The molecule has 0 aromatic heterocycles. The summed E-state index contributed by atoms with van der Waals surface area (Å²) in [5.41, 5.74) is 7.04. The number of amidine groups is 1. The van der Waals surface area contributed by atoms with Gasteiger partial charge in [-0.25, -0.2) is 8.78 Å². The second-order valence-corrected chi connectivity index (χ2v) is 4.52. The molecule has 0 fully saturated rings. The molecular weight excluding hydrogens is 260 g/mol. The molecule has 0 amide bonds. The van der Waals surface area contributed by atoms with Crippen LogP contribution in [-0.4, -0.2) is 12.9 Å². The van der Waals surface area contributed by atoms with Gasteiger partial charge >= 0.3 is 0 Å². The van der Waals surface area contributed by atoms with Crippen molar-refractivity contribution in [1.29, 1.82) is 5.41 Å². The Hall–Kier alpha value is -2.43. The number of nitrogens with two attached hydrogens (primary N) is 1. The molecule has 2 rings (SSSR count). The summed E-state index contributed by atoms with van der Waals surface area (Å²) in [6.45, 7) is 0.188. The molecule has 0 saturated heterocycles. The van der Waals surface area contributed by atoms with Crippen LogP contribution < -0.4 is 10.6 Å². The minimum absolute atomic E-state index is 0.0628. The molecule has 104 valence electrons. The maximum atomic E-state index is 13.6. The first-order valence-electron chi connectivity index (χ1n) is 6.07. The molecule has 5 heteroatoms. The zero-order valence-electron chi connectivity index (χ0n) is 11.0. The summed E-state index contributed by atoms with van der Waals surface area (Å²) < 4.78 is 26.8. The van der Waals surface area contributed by atoms with Crippen LogP contribution in [0.3, 0.4) is 0 Å². The highest BCUT2D eigenvalue weighted by molar-refractivity contribution is 6.00. The van der Waals surface area contributed by atoms with Gasteiger partial charge in [0.15, 0.2) is 0 Å². The Kier molecular flexibility index (Phi) is 3.98. The Morgan fingerprint density at radius 1 is 1.20 bits per heavy atom. The molecule has 20 heavy (non-hydrogen) atoms. The molecule has 2 aromatic carbocycles. The fourth-order valence-corrected chi connectivity index (χ4v) is 2.04. The third-order valence-corrected chi connectivity index (χ3v) is 3.02. The van der Waals surface area contributed by atoms with Crippen LogP contribution in [0.15, 0.2) is 42.5 Å². The largest absolute Gasteiger partial charge is 0.384 e. The molecule has 0 aliphatic heterocycles. The van der Waals surface area contributed by atoms with E-state index in [2.05, 4.69) is 0 Å². The van der Waals surface area contributed by atoms with E-state index in [0.29, 0.717) is 11.3 Å². The van der Waals surface area contributed by atoms with Crippen molar-refractivity contribution in [2.24, 2.45) is 5.73 Å². The topological polar surface area (TPSA) is 53.1 Å². The first kappa shape index (κ1) is 14.0.